The lowest BCUT2D eigenvalue weighted by Gasteiger charge is -2.20. The Morgan fingerprint density at radius 3 is 3.05 bits per heavy atom. The highest BCUT2D eigenvalue weighted by molar-refractivity contribution is 7.71. The second-order valence-corrected chi connectivity index (χ2v) is 5.52. The molecular formula is C14H16N4S. The molecule has 2 heterocycles. The molecule has 0 spiro atoms. The standard InChI is InChI=1S/C14H16N4S/c1-17-7-3-5-11(17)9-18-12-6-2-4-10(8-15)13(12)16-14(18)19/h2,4,6,11H,3,5,7,9H2,1H3,(H,16,19). The van der Waals surface area contributed by atoms with Crippen LogP contribution in [0.1, 0.15) is 18.4 Å². The minimum absolute atomic E-state index is 0.538. The fourth-order valence-corrected chi connectivity index (χ4v) is 3.15. The number of aromatic nitrogens is 2. The molecule has 0 saturated carbocycles. The first-order valence-electron chi connectivity index (χ1n) is 6.52. The molecule has 1 aromatic carbocycles. The first-order chi connectivity index (χ1) is 9.20. The molecule has 0 bridgehead atoms. The topological polar surface area (TPSA) is 47.8 Å². The van der Waals surface area contributed by atoms with Gasteiger partial charge in [-0.3, -0.25) is 0 Å². The van der Waals surface area contributed by atoms with E-state index in [1.807, 2.05) is 18.2 Å². The number of H-pyrrole nitrogens is 1. The van der Waals surface area contributed by atoms with Crippen molar-refractivity contribution in [3.63, 3.8) is 0 Å². The number of likely N-dealkylation sites (N-methyl/N-ethyl adjacent to an activating group) is 1. The van der Waals surface area contributed by atoms with Gasteiger partial charge in [-0.2, -0.15) is 5.26 Å². The van der Waals surface area contributed by atoms with Gasteiger partial charge in [0.15, 0.2) is 4.77 Å². The van der Waals surface area contributed by atoms with Crippen molar-refractivity contribution in [2.45, 2.75) is 25.4 Å². The number of hydrogen-bond donors (Lipinski definition) is 1. The summed E-state index contributed by atoms with van der Waals surface area (Å²) in [4.78, 5) is 5.56. The molecule has 1 unspecified atom stereocenters. The molecule has 1 N–H and O–H groups in total. The second-order valence-electron chi connectivity index (χ2n) is 5.13. The van der Waals surface area contributed by atoms with E-state index in [0.29, 0.717) is 16.4 Å². The molecule has 5 heteroatoms. The van der Waals surface area contributed by atoms with Gasteiger partial charge < -0.3 is 14.5 Å². The molecule has 2 aromatic rings. The second kappa shape index (κ2) is 4.80. The maximum absolute atomic E-state index is 9.14. The molecule has 98 valence electrons. The highest BCUT2D eigenvalue weighted by atomic mass is 32.1. The van der Waals surface area contributed by atoms with Gasteiger partial charge >= 0.3 is 0 Å². The van der Waals surface area contributed by atoms with Crippen LogP contribution >= 0.6 is 12.2 Å². The molecule has 3 rings (SSSR count). The normalized spacial score (nSPS) is 19.9. The van der Waals surface area contributed by atoms with Gasteiger partial charge in [0, 0.05) is 12.6 Å². The SMILES string of the molecule is CN1CCCC1Cn1c(=S)[nH]c2c(C#N)cccc21. The van der Waals surface area contributed by atoms with Gasteiger partial charge in [-0.25, -0.2) is 0 Å². The highest BCUT2D eigenvalue weighted by Gasteiger charge is 2.22. The summed E-state index contributed by atoms with van der Waals surface area (Å²) in [6.07, 6.45) is 2.46. The van der Waals surface area contributed by atoms with Gasteiger partial charge in [0.05, 0.1) is 16.6 Å². The van der Waals surface area contributed by atoms with Gasteiger partial charge in [-0.05, 0) is 50.8 Å². The zero-order valence-electron chi connectivity index (χ0n) is 10.9. The number of aromatic amines is 1. The Kier molecular flexibility index (Phi) is 3.13. The highest BCUT2D eigenvalue weighted by Crippen LogP contribution is 2.22. The molecule has 0 amide bonds. The monoisotopic (exact) mass is 272 g/mol. The Balaban J connectivity index is 2.07. The van der Waals surface area contributed by atoms with Crippen LogP contribution in [-0.4, -0.2) is 34.1 Å². The molecule has 1 fully saturated rings. The maximum atomic E-state index is 9.14. The number of likely N-dealkylation sites (tertiary alicyclic amines) is 1. The summed E-state index contributed by atoms with van der Waals surface area (Å²) >= 11 is 5.41. The molecule has 0 aliphatic carbocycles. The third kappa shape index (κ3) is 2.07. The number of nitrogens with one attached hydrogen (secondary N) is 1. The van der Waals surface area contributed by atoms with Crippen LogP contribution in [0.3, 0.4) is 0 Å². The van der Waals surface area contributed by atoms with E-state index in [1.54, 1.807) is 0 Å². The maximum Gasteiger partial charge on any atom is 0.178 e. The summed E-state index contributed by atoms with van der Waals surface area (Å²) in [5.74, 6) is 0. The Morgan fingerprint density at radius 1 is 1.53 bits per heavy atom. The predicted molar refractivity (Wildman–Crippen MR) is 77.5 cm³/mol. The van der Waals surface area contributed by atoms with E-state index in [0.717, 1.165) is 24.1 Å². The van der Waals surface area contributed by atoms with Gasteiger partial charge in [-0.1, -0.05) is 6.07 Å². The summed E-state index contributed by atoms with van der Waals surface area (Å²) in [5, 5.41) is 9.14. The molecule has 1 aliphatic heterocycles. The molecule has 1 saturated heterocycles. The van der Waals surface area contributed by atoms with Crippen LogP contribution in [-0.2, 0) is 6.54 Å². The van der Waals surface area contributed by atoms with Crippen molar-refractivity contribution in [1.29, 1.82) is 5.26 Å². The third-order valence-electron chi connectivity index (χ3n) is 4.00. The first-order valence-corrected chi connectivity index (χ1v) is 6.93. The van der Waals surface area contributed by atoms with E-state index < -0.39 is 0 Å². The van der Waals surface area contributed by atoms with Crippen LogP contribution in [0.15, 0.2) is 18.2 Å². The van der Waals surface area contributed by atoms with E-state index >= 15 is 0 Å². The number of para-hydroxylation sites is 1. The quantitative estimate of drug-likeness (QED) is 0.855. The zero-order valence-corrected chi connectivity index (χ0v) is 11.7. The summed E-state index contributed by atoms with van der Waals surface area (Å²) in [5.41, 5.74) is 2.54. The van der Waals surface area contributed by atoms with Crippen molar-refractivity contribution in [3.8, 4) is 6.07 Å². The number of fused-ring (bicyclic) bond motifs is 1. The fourth-order valence-electron chi connectivity index (χ4n) is 2.88. The van der Waals surface area contributed by atoms with E-state index in [-0.39, 0.29) is 0 Å². The number of nitrogens with zero attached hydrogens (tertiary/aromatic N) is 3. The van der Waals surface area contributed by atoms with Crippen molar-refractivity contribution in [1.82, 2.24) is 14.5 Å². The van der Waals surface area contributed by atoms with E-state index in [4.69, 9.17) is 17.5 Å². The predicted octanol–water partition coefficient (Wildman–Crippen LogP) is 2.66. The third-order valence-corrected chi connectivity index (χ3v) is 4.32. The molecule has 0 radical (unpaired) electrons. The summed E-state index contributed by atoms with van der Waals surface area (Å²) < 4.78 is 2.83. The average Bonchev–Trinajstić information content (AvgIpc) is 2.95. The number of rotatable bonds is 2. The lowest BCUT2D eigenvalue weighted by Crippen LogP contribution is -2.29. The van der Waals surface area contributed by atoms with Crippen molar-refractivity contribution in [2.24, 2.45) is 0 Å². The van der Waals surface area contributed by atoms with E-state index in [2.05, 4.69) is 27.6 Å². The molecule has 1 atom stereocenters. The van der Waals surface area contributed by atoms with Crippen molar-refractivity contribution < 1.29 is 0 Å². The van der Waals surface area contributed by atoms with Crippen LogP contribution in [0.4, 0.5) is 0 Å². The largest absolute Gasteiger partial charge is 0.329 e. The van der Waals surface area contributed by atoms with E-state index in [9.17, 15) is 0 Å². The Labute approximate surface area is 117 Å². The molecule has 1 aliphatic rings. The first kappa shape index (κ1) is 12.4. The van der Waals surface area contributed by atoms with Crippen LogP contribution in [0.25, 0.3) is 11.0 Å². The van der Waals surface area contributed by atoms with Crippen molar-refractivity contribution in [3.05, 3.63) is 28.5 Å². The Morgan fingerprint density at radius 2 is 2.37 bits per heavy atom. The van der Waals surface area contributed by atoms with Gasteiger partial charge in [0.1, 0.15) is 6.07 Å². The number of benzene rings is 1. The van der Waals surface area contributed by atoms with Crippen LogP contribution in [0.5, 0.6) is 0 Å². The number of imidazole rings is 1. The molecule has 1 aromatic heterocycles. The van der Waals surface area contributed by atoms with Crippen LogP contribution in [0.2, 0.25) is 0 Å². The number of nitriles is 1. The van der Waals surface area contributed by atoms with Crippen LogP contribution in [0, 0.1) is 16.1 Å². The summed E-state index contributed by atoms with van der Waals surface area (Å²) in [6, 6.07) is 8.51. The van der Waals surface area contributed by atoms with Crippen molar-refractivity contribution in [2.75, 3.05) is 13.6 Å². The smallest absolute Gasteiger partial charge is 0.178 e. The van der Waals surface area contributed by atoms with Gasteiger partial charge in [-0.15, -0.1) is 0 Å². The fraction of sp³-hybridized carbons (Fsp3) is 0.429. The Bertz CT molecular complexity index is 706. The lowest BCUT2D eigenvalue weighted by atomic mass is 10.2. The molecule has 19 heavy (non-hydrogen) atoms. The van der Waals surface area contributed by atoms with Gasteiger partial charge in [0.25, 0.3) is 0 Å². The molecular weight excluding hydrogens is 256 g/mol. The van der Waals surface area contributed by atoms with Gasteiger partial charge in [0.2, 0.25) is 0 Å². The molecule has 4 nitrogen and oxygen atoms in total. The zero-order chi connectivity index (χ0) is 13.4. The minimum atomic E-state index is 0.538. The van der Waals surface area contributed by atoms with Crippen molar-refractivity contribution >= 4 is 23.3 Å². The average molecular weight is 272 g/mol. The Hall–Kier alpha value is -1.64. The lowest BCUT2D eigenvalue weighted by molar-refractivity contribution is 0.283. The summed E-state index contributed by atoms with van der Waals surface area (Å²) in [6.45, 7) is 2.05. The number of hydrogen-bond acceptors (Lipinski definition) is 3. The van der Waals surface area contributed by atoms with Crippen LogP contribution < -0.4 is 0 Å². The summed E-state index contributed by atoms with van der Waals surface area (Å²) in [7, 11) is 2.16. The van der Waals surface area contributed by atoms with E-state index in [1.165, 1.54) is 12.8 Å². The minimum Gasteiger partial charge on any atom is -0.329 e.